The van der Waals surface area contributed by atoms with Gasteiger partial charge in [0, 0.05) is 5.56 Å². The van der Waals surface area contributed by atoms with Gasteiger partial charge in [-0.05, 0) is 44.5 Å². The number of hydrogen-bond acceptors (Lipinski definition) is 5. The molecule has 0 radical (unpaired) electrons. The van der Waals surface area contributed by atoms with Crippen molar-refractivity contribution in [2.75, 3.05) is 6.54 Å². The summed E-state index contributed by atoms with van der Waals surface area (Å²) in [6, 6.07) is 11.8. The number of ketones is 1. The third-order valence-corrected chi connectivity index (χ3v) is 4.50. The predicted octanol–water partition coefficient (Wildman–Crippen LogP) is 2.71. The smallest absolute Gasteiger partial charge is 0.326 e. The summed E-state index contributed by atoms with van der Waals surface area (Å²) in [6.45, 7) is 4.62. The molecule has 0 saturated carbocycles. The fraction of sp³-hybridized carbons (Fsp3) is 0.238. The summed E-state index contributed by atoms with van der Waals surface area (Å²) in [5.41, 5.74) is 2.71. The van der Waals surface area contributed by atoms with Crippen molar-refractivity contribution in [3.05, 3.63) is 70.3 Å². The number of amides is 2. The first-order chi connectivity index (χ1) is 12.8. The van der Waals surface area contributed by atoms with E-state index in [0.29, 0.717) is 5.56 Å². The van der Waals surface area contributed by atoms with Gasteiger partial charge in [-0.3, -0.25) is 24.1 Å². The van der Waals surface area contributed by atoms with E-state index in [1.54, 1.807) is 25.1 Å². The van der Waals surface area contributed by atoms with E-state index < -0.39 is 30.4 Å². The Bertz CT molecular complexity index is 928. The number of nitrogens with zero attached hydrogens (tertiary/aromatic N) is 1. The average Bonchev–Trinajstić information content (AvgIpc) is 2.88. The predicted molar refractivity (Wildman–Crippen MR) is 97.6 cm³/mol. The van der Waals surface area contributed by atoms with Crippen molar-refractivity contribution < 1.29 is 23.9 Å². The molecule has 0 fully saturated rings. The Morgan fingerprint density at radius 2 is 1.59 bits per heavy atom. The van der Waals surface area contributed by atoms with Gasteiger partial charge >= 0.3 is 5.97 Å². The molecule has 6 nitrogen and oxygen atoms in total. The highest BCUT2D eigenvalue weighted by Crippen LogP contribution is 2.22. The lowest BCUT2D eigenvalue weighted by molar-refractivity contribution is -0.146. The van der Waals surface area contributed by atoms with Crippen LogP contribution in [-0.2, 0) is 9.53 Å². The van der Waals surface area contributed by atoms with Crippen LogP contribution in [0, 0.1) is 13.8 Å². The lowest BCUT2D eigenvalue weighted by Crippen LogP contribution is -2.37. The molecular formula is C21H19NO5. The summed E-state index contributed by atoms with van der Waals surface area (Å²) in [4.78, 5) is 50.2. The molecule has 1 heterocycles. The van der Waals surface area contributed by atoms with Crippen LogP contribution in [-0.4, -0.2) is 41.1 Å². The van der Waals surface area contributed by atoms with Crippen molar-refractivity contribution in [2.24, 2.45) is 0 Å². The average molecular weight is 365 g/mol. The summed E-state index contributed by atoms with van der Waals surface area (Å²) in [7, 11) is 0. The number of rotatable bonds is 5. The number of carbonyl (C=O) groups is 4. The molecule has 27 heavy (non-hydrogen) atoms. The molecule has 2 amide bonds. The molecule has 2 aromatic rings. The van der Waals surface area contributed by atoms with Crippen molar-refractivity contribution in [2.45, 2.75) is 26.9 Å². The molecule has 1 aliphatic heterocycles. The summed E-state index contributed by atoms with van der Waals surface area (Å²) in [5.74, 6) is -2.22. The minimum absolute atomic E-state index is 0.259. The second kappa shape index (κ2) is 7.15. The highest BCUT2D eigenvalue weighted by Gasteiger charge is 2.37. The van der Waals surface area contributed by atoms with Crippen molar-refractivity contribution in [1.82, 2.24) is 4.90 Å². The van der Waals surface area contributed by atoms with Crippen LogP contribution in [0.4, 0.5) is 0 Å². The topological polar surface area (TPSA) is 80.8 Å². The fourth-order valence-corrected chi connectivity index (χ4v) is 3.02. The zero-order chi connectivity index (χ0) is 19.7. The second-order valence-electron chi connectivity index (χ2n) is 6.56. The number of hydrogen-bond donors (Lipinski definition) is 0. The first-order valence-electron chi connectivity index (χ1n) is 8.55. The zero-order valence-electron chi connectivity index (χ0n) is 15.3. The fourth-order valence-electron chi connectivity index (χ4n) is 3.02. The van der Waals surface area contributed by atoms with Crippen LogP contribution in [0.1, 0.15) is 49.1 Å². The molecule has 1 aliphatic rings. The maximum Gasteiger partial charge on any atom is 0.326 e. The van der Waals surface area contributed by atoms with Crippen LogP contribution in [0.15, 0.2) is 42.5 Å². The number of esters is 1. The number of carbonyl (C=O) groups excluding carboxylic acids is 4. The van der Waals surface area contributed by atoms with Crippen LogP contribution in [0.2, 0.25) is 0 Å². The highest BCUT2D eigenvalue weighted by molar-refractivity contribution is 6.22. The van der Waals surface area contributed by atoms with E-state index in [9.17, 15) is 19.2 Å². The molecule has 0 N–H and O–H groups in total. The van der Waals surface area contributed by atoms with E-state index in [1.807, 2.05) is 19.1 Å². The van der Waals surface area contributed by atoms with Crippen LogP contribution >= 0.6 is 0 Å². The van der Waals surface area contributed by atoms with Crippen molar-refractivity contribution in [3.63, 3.8) is 0 Å². The Morgan fingerprint density at radius 3 is 2.19 bits per heavy atom. The van der Waals surface area contributed by atoms with E-state index in [4.69, 9.17) is 4.74 Å². The molecular weight excluding hydrogens is 346 g/mol. The number of ether oxygens (including phenoxy) is 1. The van der Waals surface area contributed by atoms with Crippen LogP contribution in [0.25, 0.3) is 0 Å². The Kier molecular flexibility index (Phi) is 4.90. The van der Waals surface area contributed by atoms with E-state index in [2.05, 4.69) is 0 Å². The molecule has 2 aromatic carbocycles. The van der Waals surface area contributed by atoms with Gasteiger partial charge in [-0.2, -0.15) is 0 Å². The molecule has 0 unspecified atom stereocenters. The number of fused-ring (bicyclic) bond motifs is 1. The number of benzene rings is 2. The monoisotopic (exact) mass is 365 g/mol. The van der Waals surface area contributed by atoms with Gasteiger partial charge in [0.25, 0.3) is 11.8 Å². The van der Waals surface area contributed by atoms with Gasteiger partial charge in [0.15, 0.2) is 6.10 Å². The van der Waals surface area contributed by atoms with Gasteiger partial charge < -0.3 is 4.74 Å². The van der Waals surface area contributed by atoms with Gasteiger partial charge in [-0.1, -0.05) is 29.8 Å². The largest absolute Gasteiger partial charge is 0.453 e. The van der Waals surface area contributed by atoms with Gasteiger partial charge in [-0.25, -0.2) is 0 Å². The summed E-state index contributed by atoms with van der Waals surface area (Å²) in [5, 5.41) is 0. The minimum atomic E-state index is -1.02. The third-order valence-electron chi connectivity index (χ3n) is 4.50. The Morgan fingerprint density at radius 1 is 1.00 bits per heavy atom. The van der Waals surface area contributed by atoms with E-state index >= 15 is 0 Å². The van der Waals surface area contributed by atoms with E-state index in [1.165, 1.54) is 19.1 Å². The Hall–Kier alpha value is -3.28. The van der Waals surface area contributed by atoms with Crippen molar-refractivity contribution in [3.8, 4) is 0 Å². The number of aryl methyl sites for hydroxylation is 2. The number of Topliss-reactive ketones (excluding diaryl/α,β-unsaturated/α-hetero) is 1. The molecule has 0 aliphatic carbocycles. The maximum atomic E-state index is 12.6. The molecule has 1 atom stereocenters. The molecule has 6 heteroatoms. The molecule has 3 rings (SSSR count). The molecule has 0 aromatic heterocycles. The quantitative estimate of drug-likeness (QED) is 0.462. The summed E-state index contributed by atoms with van der Waals surface area (Å²) < 4.78 is 5.18. The Balaban J connectivity index is 1.68. The van der Waals surface area contributed by atoms with E-state index in [-0.39, 0.29) is 16.9 Å². The van der Waals surface area contributed by atoms with Crippen molar-refractivity contribution in [1.29, 1.82) is 0 Å². The minimum Gasteiger partial charge on any atom is -0.453 e. The van der Waals surface area contributed by atoms with Crippen LogP contribution in [0.5, 0.6) is 0 Å². The summed E-state index contributed by atoms with van der Waals surface area (Å²) in [6.07, 6.45) is -1.02. The van der Waals surface area contributed by atoms with Gasteiger partial charge in [0.05, 0.1) is 11.1 Å². The number of imide groups is 1. The molecule has 138 valence electrons. The molecule has 0 spiro atoms. The highest BCUT2D eigenvalue weighted by atomic mass is 16.5. The first kappa shape index (κ1) is 18.5. The van der Waals surface area contributed by atoms with Gasteiger partial charge in [0.2, 0.25) is 5.78 Å². The maximum absolute atomic E-state index is 12.6. The van der Waals surface area contributed by atoms with Crippen LogP contribution in [0.3, 0.4) is 0 Å². The summed E-state index contributed by atoms with van der Waals surface area (Å²) >= 11 is 0. The molecule has 0 saturated heterocycles. The van der Waals surface area contributed by atoms with Crippen molar-refractivity contribution >= 4 is 23.6 Å². The standard InChI is InChI=1S/C21H19NO5/c1-12-8-9-13(2)17(10-12)19(24)14(3)27-18(23)11-22-20(25)15-6-4-5-7-16(15)21(22)26/h4-10,14H,11H2,1-3H3/t14-/m1/s1. The first-order valence-corrected chi connectivity index (χ1v) is 8.55. The lowest BCUT2D eigenvalue weighted by Gasteiger charge is -2.17. The molecule has 0 bridgehead atoms. The third kappa shape index (κ3) is 3.51. The Labute approximate surface area is 156 Å². The van der Waals surface area contributed by atoms with Gasteiger partial charge in [-0.15, -0.1) is 0 Å². The van der Waals surface area contributed by atoms with Crippen LogP contribution < -0.4 is 0 Å². The normalized spacial score (nSPS) is 14.1. The SMILES string of the molecule is Cc1ccc(C)c(C(=O)[C@@H](C)OC(=O)CN2C(=O)c3ccccc3C2=O)c1. The van der Waals surface area contributed by atoms with E-state index in [0.717, 1.165) is 16.0 Å². The zero-order valence-corrected chi connectivity index (χ0v) is 15.3. The second-order valence-corrected chi connectivity index (χ2v) is 6.56. The van der Waals surface area contributed by atoms with Gasteiger partial charge in [0.1, 0.15) is 6.54 Å². The lowest BCUT2D eigenvalue weighted by atomic mass is 9.99.